The molecule has 1 aromatic heterocycles. The van der Waals surface area contributed by atoms with E-state index in [0.29, 0.717) is 0 Å². The van der Waals surface area contributed by atoms with Crippen molar-refractivity contribution in [3.05, 3.63) is 83.7 Å². The lowest BCUT2D eigenvalue weighted by atomic mass is 10.1. The highest BCUT2D eigenvalue weighted by Crippen LogP contribution is 2.32. The molecule has 3 heterocycles. The van der Waals surface area contributed by atoms with E-state index in [1.807, 2.05) is 0 Å². The van der Waals surface area contributed by atoms with E-state index < -0.39 is 0 Å². The van der Waals surface area contributed by atoms with Crippen LogP contribution in [-0.2, 0) is 6.54 Å². The number of halogens is 1. The molecule has 2 aliphatic heterocycles. The lowest BCUT2D eigenvalue weighted by Crippen LogP contribution is -3.00. The summed E-state index contributed by atoms with van der Waals surface area (Å²) in [4.78, 5) is 2.43. The van der Waals surface area contributed by atoms with E-state index >= 15 is 0 Å². The van der Waals surface area contributed by atoms with Crippen molar-refractivity contribution in [2.24, 2.45) is 0 Å². The molecule has 0 spiro atoms. The number of fused-ring (bicyclic) bond motifs is 6. The highest BCUT2D eigenvalue weighted by Gasteiger charge is 2.25. The van der Waals surface area contributed by atoms with Crippen molar-refractivity contribution >= 4 is 28.7 Å². The fraction of sp³-hybridized carbons (Fsp3) is 0.0952. The minimum absolute atomic E-state index is 0. The molecule has 0 bridgehead atoms. The predicted molar refractivity (Wildman–Crippen MR) is 94.9 cm³/mol. The first-order valence-corrected chi connectivity index (χ1v) is 8.08. The molecule has 0 saturated heterocycles. The summed E-state index contributed by atoms with van der Waals surface area (Å²) < 4.78 is 2.43. The number of para-hydroxylation sites is 2. The number of allylic oxidation sites excluding steroid dienone is 1. The van der Waals surface area contributed by atoms with Crippen LogP contribution in [0.25, 0.3) is 23.1 Å². The van der Waals surface area contributed by atoms with Gasteiger partial charge in [-0.3, -0.25) is 0 Å². The number of nitrogens with zero attached hydrogens (tertiary/aromatic N) is 2. The van der Waals surface area contributed by atoms with Crippen LogP contribution in [-0.4, -0.2) is 6.54 Å². The Bertz CT molecular complexity index is 988. The van der Waals surface area contributed by atoms with Crippen LogP contribution in [0.15, 0.2) is 72.4 Å². The molecule has 2 aromatic carbocycles. The number of hydrogen-bond donors (Lipinski definition) is 0. The van der Waals surface area contributed by atoms with Gasteiger partial charge in [-0.1, -0.05) is 36.4 Å². The molecule has 0 saturated carbocycles. The monoisotopic (exact) mass is 376 g/mol. The predicted octanol–water partition coefficient (Wildman–Crippen LogP) is 1.02. The van der Waals surface area contributed by atoms with Gasteiger partial charge in [-0.25, -0.2) is 0 Å². The summed E-state index contributed by atoms with van der Waals surface area (Å²) in [6.07, 6.45) is 6.74. The van der Waals surface area contributed by atoms with Crippen molar-refractivity contribution in [3.8, 4) is 0 Å². The van der Waals surface area contributed by atoms with Crippen LogP contribution in [0.2, 0.25) is 0 Å². The molecule has 0 radical (unpaired) electrons. The van der Waals surface area contributed by atoms with Crippen molar-refractivity contribution < 1.29 is 21.5 Å². The number of rotatable bonds is 0. The van der Waals surface area contributed by atoms with Crippen LogP contribution in [0.4, 0.5) is 5.69 Å². The average molecular weight is 377 g/mol. The van der Waals surface area contributed by atoms with E-state index in [4.69, 9.17) is 0 Å². The zero-order chi connectivity index (χ0) is 15.2. The quantitative estimate of drug-likeness (QED) is 0.531. The average Bonchev–Trinajstić information content (AvgIpc) is 2.81. The van der Waals surface area contributed by atoms with E-state index in [9.17, 15) is 0 Å². The van der Waals surface area contributed by atoms with E-state index in [2.05, 4.69) is 88.4 Å². The molecule has 0 amide bonds. The standard InChI is InChI=1S/C21H17N2.BrH/c1-3-7-20-16(5-1)9-11-18-15-19-12-10-17-6-2-4-8-21(17)23(19)14-13-22(18)20;/h1-12,15H,13-14H2;1H/q+1;/p-1. The normalized spacial score (nSPS) is 14.8. The Morgan fingerprint density at radius 3 is 2.62 bits per heavy atom. The third kappa shape index (κ3) is 2.28. The van der Waals surface area contributed by atoms with Gasteiger partial charge >= 0.3 is 0 Å². The Balaban J connectivity index is 0.00000146. The van der Waals surface area contributed by atoms with Gasteiger partial charge in [0.05, 0.1) is 6.54 Å². The molecule has 3 heteroatoms. The summed E-state index contributed by atoms with van der Waals surface area (Å²) in [6, 6.07) is 21.7. The van der Waals surface area contributed by atoms with Gasteiger partial charge in [-0.2, -0.15) is 4.57 Å². The van der Waals surface area contributed by atoms with Crippen LogP contribution in [0.5, 0.6) is 0 Å². The van der Waals surface area contributed by atoms with Crippen molar-refractivity contribution in [2.75, 3.05) is 11.4 Å². The van der Waals surface area contributed by atoms with Crippen LogP contribution in [0, 0.1) is 0 Å². The largest absolute Gasteiger partial charge is 1.00 e. The highest BCUT2D eigenvalue weighted by molar-refractivity contribution is 5.81. The van der Waals surface area contributed by atoms with Crippen molar-refractivity contribution in [3.63, 3.8) is 0 Å². The van der Waals surface area contributed by atoms with Gasteiger partial charge in [0, 0.05) is 35.0 Å². The van der Waals surface area contributed by atoms with Gasteiger partial charge < -0.3 is 21.9 Å². The fourth-order valence-corrected chi connectivity index (χ4v) is 3.66. The van der Waals surface area contributed by atoms with Gasteiger partial charge in [0.25, 0.3) is 0 Å². The number of aromatic nitrogens is 1. The van der Waals surface area contributed by atoms with Gasteiger partial charge in [0.2, 0.25) is 11.2 Å². The highest BCUT2D eigenvalue weighted by atomic mass is 79.9. The molecule has 5 rings (SSSR count). The number of benzene rings is 2. The lowest BCUT2D eigenvalue weighted by molar-refractivity contribution is -0.669. The third-order valence-electron chi connectivity index (χ3n) is 4.79. The maximum absolute atomic E-state index is 2.43. The first kappa shape index (κ1) is 15.2. The summed E-state index contributed by atoms with van der Waals surface area (Å²) >= 11 is 0. The Hall–Kier alpha value is -2.39. The molecular formula is C21H17BrN2. The van der Waals surface area contributed by atoms with E-state index in [1.165, 1.54) is 33.5 Å². The lowest BCUT2D eigenvalue weighted by Gasteiger charge is -2.28. The van der Waals surface area contributed by atoms with Crippen molar-refractivity contribution in [2.45, 2.75) is 6.54 Å². The second-order valence-corrected chi connectivity index (χ2v) is 6.08. The van der Waals surface area contributed by atoms with Crippen LogP contribution >= 0.6 is 0 Å². The number of anilines is 1. The van der Waals surface area contributed by atoms with Crippen molar-refractivity contribution in [1.29, 1.82) is 0 Å². The first-order chi connectivity index (χ1) is 11.4. The maximum atomic E-state index is 2.43. The van der Waals surface area contributed by atoms with Crippen molar-refractivity contribution in [1.82, 2.24) is 0 Å². The molecule has 118 valence electrons. The molecule has 0 aliphatic carbocycles. The Kier molecular flexibility index (Phi) is 3.73. The zero-order valence-electron chi connectivity index (χ0n) is 13.2. The number of pyridine rings is 1. The maximum Gasteiger partial charge on any atom is 0.213 e. The molecule has 3 aromatic rings. The summed E-state index contributed by atoms with van der Waals surface area (Å²) in [5.74, 6) is 0. The summed E-state index contributed by atoms with van der Waals surface area (Å²) in [5.41, 5.74) is 6.44. The molecule has 2 nitrogen and oxygen atoms in total. The first-order valence-electron chi connectivity index (χ1n) is 8.08. The summed E-state index contributed by atoms with van der Waals surface area (Å²) in [7, 11) is 0. The smallest absolute Gasteiger partial charge is 0.213 e. The zero-order valence-corrected chi connectivity index (χ0v) is 14.8. The van der Waals surface area contributed by atoms with Gasteiger partial charge in [0.15, 0.2) is 6.54 Å². The number of hydrogen-bond acceptors (Lipinski definition) is 1. The Morgan fingerprint density at radius 2 is 1.67 bits per heavy atom. The fourth-order valence-electron chi connectivity index (χ4n) is 3.66. The Morgan fingerprint density at radius 1 is 0.833 bits per heavy atom. The Labute approximate surface area is 152 Å². The van der Waals surface area contributed by atoms with Crippen LogP contribution in [0.3, 0.4) is 0 Å². The molecule has 0 fully saturated rings. The molecule has 2 aliphatic rings. The van der Waals surface area contributed by atoms with Crippen LogP contribution < -0.4 is 26.4 Å². The van der Waals surface area contributed by atoms with Gasteiger partial charge in [0.1, 0.15) is 0 Å². The SMILES string of the molecule is C1=Cc2ccccc2N2CC[n+]3c(ccc4ccccc43)C=C12.[Br-]. The third-order valence-corrected chi connectivity index (χ3v) is 4.79. The van der Waals surface area contributed by atoms with Gasteiger partial charge in [-0.15, -0.1) is 0 Å². The summed E-state index contributed by atoms with van der Waals surface area (Å²) in [5, 5.41) is 1.30. The second kappa shape index (κ2) is 5.91. The topological polar surface area (TPSA) is 7.12 Å². The minimum atomic E-state index is 0. The minimum Gasteiger partial charge on any atom is -1.00 e. The van der Waals surface area contributed by atoms with E-state index in [1.54, 1.807) is 0 Å². The molecule has 0 N–H and O–H groups in total. The molecule has 0 atom stereocenters. The van der Waals surface area contributed by atoms with E-state index in [-0.39, 0.29) is 17.0 Å². The van der Waals surface area contributed by atoms with Crippen LogP contribution in [0.1, 0.15) is 11.3 Å². The molecule has 0 unspecified atom stereocenters. The van der Waals surface area contributed by atoms with E-state index in [0.717, 1.165) is 13.1 Å². The summed E-state index contributed by atoms with van der Waals surface area (Å²) in [6.45, 7) is 1.97. The molecule has 24 heavy (non-hydrogen) atoms. The van der Waals surface area contributed by atoms with Gasteiger partial charge in [-0.05, 0) is 29.8 Å². The second-order valence-electron chi connectivity index (χ2n) is 6.08. The molecular weight excluding hydrogens is 360 g/mol.